The molecule has 1 nitrogen and oxygen atoms in total. The molecule has 14 heavy (non-hydrogen) atoms. The van der Waals surface area contributed by atoms with Crippen LogP contribution in [0.2, 0.25) is 5.02 Å². The molecule has 0 saturated heterocycles. The predicted octanol–water partition coefficient (Wildman–Crippen LogP) is 3.89. The van der Waals surface area contributed by atoms with Crippen LogP contribution in [0.25, 0.3) is 0 Å². The van der Waals surface area contributed by atoms with Crippen molar-refractivity contribution in [2.75, 3.05) is 0 Å². The average molecular weight is 211 g/mol. The summed E-state index contributed by atoms with van der Waals surface area (Å²) in [6.07, 6.45) is 3.21. The van der Waals surface area contributed by atoms with Crippen molar-refractivity contribution in [1.82, 2.24) is 0 Å². The van der Waals surface area contributed by atoms with Crippen LogP contribution in [0.15, 0.2) is 18.2 Å². The topological polar surface area (TPSA) is 17.1 Å². The number of Topliss-reactive ketones (excluding diaryl/α,β-unsaturated/α-hetero) is 1. The summed E-state index contributed by atoms with van der Waals surface area (Å²) < 4.78 is 0. The maximum atomic E-state index is 11.3. The highest BCUT2D eigenvalue weighted by Gasteiger charge is 2.06. The van der Waals surface area contributed by atoms with E-state index in [0.29, 0.717) is 5.02 Å². The highest BCUT2D eigenvalue weighted by Crippen LogP contribution is 2.18. The molecule has 0 amide bonds. The van der Waals surface area contributed by atoms with Crippen LogP contribution < -0.4 is 0 Å². The Morgan fingerprint density at radius 2 is 2.14 bits per heavy atom. The van der Waals surface area contributed by atoms with Gasteiger partial charge < -0.3 is 0 Å². The van der Waals surface area contributed by atoms with Gasteiger partial charge in [0, 0.05) is 10.6 Å². The first-order valence-electron chi connectivity index (χ1n) is 4.94. The van der Waals surface area contributed by atoms with Gasteiger partial charge in [-0.2, -0.15) is 0 Å². The first-order chi connectivity index (χ1) is 6.65. The number of ketones is 1. The van der Waals surface area contributed by atoms with Gasteiger partial charge >= 0.3 is 0 Å². The molecule has 1 aromatic carbocycles. The molecule has 0 saturated carbocycles. The summed E-state index contributed by atoms with van der Waals surface area (Å²) in [5, 5.41) is 0.635. The van der Waals surface area contributed by atoms with E-state index in [0.717, 1.165) is 30.4 Å². The number of hydrogen-bond acceptors (Lipinski definition) is 1. The van der Waals surface area contributed by atoms with E-state index in [1.54, 1.807) is 13.0 Å². The molecule has 0 fully saturated rings. The molecular formula is C12H15ClO. The zero-order valence-corrected chi connectivity index (χ0v) is 9.40. The predicted molar refractivity (Wildman–Crippen MR) is 60.1 cm³/mol. The Morgan fingerprint density at radius 1 is 1.43 bits per heavy atom. The zero-order chi connectivity index (χ0) is 10.6. The second-order valence-electron chi connectivity index (χ2n) is 3.46. The van der Waals surface area contributed by atoms with Crippen LogP contribution in [-0.4, -0.2) is 5.78 Å². The lowest BCUT2D eigenvalue weighted by Gasteiger charge is -2.06. The van der Waals surface area contributed by atoms with Crippen molar-refractivity contribution in [3.05, 3.63) is 34.3 Å². The maximum absolute atomic E-state index is 11.3. The standard InChI is InChI=1S/C12H15ClO/c1-3-4-5-10-6-7-11(13)8-12(10)9(2)14/h6-8H,3-5H2,1-2H3. The molecule has 76 valence electrons. The fourth-order valence-corrected chi connectivity index (χ4v) is 1.63. The highest BCUT2D eigenvalue weighted by molar-refractivity contribution is 6.31. The number of carbonyl (C=O) groups excluding carboxylic acids is 1. The monoisotopic (exact) mass is 210 g/mol. The van der Waals surface area contributed by atoms with Gasteiger partial charge in [-0.3, -0.25) is 4.79 Å². The third-order valence-electron chi connectivity index (χ3n) is 2.25. The van der Waals surface area contributed by atoms with Crippen LogP contribution in [0.4, 0.5) is 0 Å². The molecule has 0 aliphatic carbocycles. The third-order valence-corrected chi connectivity index (χ3v) is 2.49. The van der Waals surface area contributed by atoms with Crippen LogP contribution in [0.1, 0.15) is 42.6 Å². The lowest BCUT2D eigenvalue weighted by molar-refractivity contribution is 0.101. The fourth-order valence-electron chi connectivity index (χ4n) is 1.46. The highest BCUT2D eigenvalue weighted by atomic mass is 35.5. The summed E-state index contributed by atoms with van der Waals surface area (Å²) in [4.78, 5) is 11.3. The van der Waals surface area contributed by atoms with E-state index in [2.05, 4.69) is 6.92 Å². The van der Waals surface area contributed by atoms with Crippen molar-refractivity contribution in [1.29, 1.82) is 0 Å². The maximum Gasteiger partial charge on any atom is 0.160 e. The summed E-state index contributed by atoms with van der Waals surface area (Å²) in [6, 6.07) is 5.56. The van der Waals surface area contributed by atoms with E-state index in [4.69, 9.17) is 11.6 Å². The van der Waals surface area contributed by atoms with E-state index >= 15 is 0 Å². The van der Waals surface area contributed by atoms with Gasteiger partial charge in [0.2, 0.25) is 0 Å². The number of aryl methyl sites for hydroxylation is 1. The Bertz CT molecular complexity index is 331. The Labute approximate surface area is 90.1 Å². The summed E-state index contributed by atoms with van der Waals surface area (Å²) >= 11 is 5.84. The molecule has 0 aliphatic heterocycles. The van der Waals surface area contributed by atoms with Crippen LogP contribution in [-0.2, 0) is 6.42 Å². The number of halogens is 1. The normalized spacial score (nSPS) is 10.2. The Kier molecular flexibility index (Phi) is 4.15. The summed E-state index contributed by atoms with van der Waals surface area (Å²) in [5.41, 5.74) is 1.88. The molecule has 0 atom stereocenters. The van der Waals surface area contributed by atoms with Gasteiger partial charge in [0.1, 0.15) is 0 Å². The molecule has 0 aromatic heterocycles. The van der Waals surface area contributed by atoms with Crippen molar-refractivity contribution in [3.8, 4) is 0 Å². The quantitative estimate of drug-likeness (QED) is 0.690. The Morgan fingerprint density at radius 3 is 2.71 bits per heavy atom. The summed E-state index contributed by atoms with van der Waals surface area (Å²) in [5.74, 6) is 0.0959. The molecule has 1 rings (SSSR count). The molecule has 0 radical (unpaired) electrons. The van der Waals surface area contributed by atoms with Crippen LogP contribution in [0.3, 0.4) is 0 Å². The summed E-state index contributed by atoms with van der Waals surface area (Å²) in [7, 11) is 0. The van der Waals surface area contributed by atoms with E-state index in [1.165, 1.54) is 0 Å². The fraction of sp³-hybridized carbons (Fsp3) is 0.417. The molecule has 0 aliphatic rings. The van der Waals surface area contributed by atoms with Crippen molar-refractivity contribution < 1.29 is 4.79 Å². The van der Waals surface area contributed by atoms with Crippen LogP contribution in [0, 0.1) is 0 Å². The van der Waals surface area contributed by atoms with Crippen LogP contribution in [0.5, 0.6) is 0 Å². The first-order valence-corrected chi connectivity index (χ1v) is 5.32. The Hall–Kier alpha value is -0.820. The van der Waals surface area contributed by atoms with Gasteiger partial charge in [-0.05, 0) is 37.5 Å². The largest absolute Gasteiger partial charge is 0.295 e. The smallest absolute Gasteiger partial charge is 0.160 e. The Balaban J connectivity index is 2.96. The second-order valence-corrected chi connectivity index (χ2v) is 3.90. The molecule has 0 heterocycles. The minimum atomic E-state index is 0.0959. The van der Waals surface area contributed by atoms with E-state index in [-0.39, 0.29) is 5.78 Å². The number of benzene rings is 1. The molecule has 0 bridgehead atoms. The first kappa shape index (κ1) is 11.3. The van der Waals surface area contributed by atoms with Crippen molar-refractivity contribution in [2.24, 2.45) is 0 Å². The number of hydrogen-bond donors (Lipinski definition) is 0. The second kappa shape index (κ2) is 5.16. The van der Waals surface area contributed by atoms with Gasteiger partial charge in [0.25, 0.3) is 0 Å². The molecule has 0 N–H and O–H groups in total. The van der Waals surface area contributed by atoms with Crippen molar-refractivity contribution >= 4 is 17.4 Å². The van der Waals surface area contributed by atoms with E-state index in [1.807, 2.05) is 12.1 Å². The van der Waals surface area contributed by atoms with Crippen molar-refractivity contribution in [3.63, 3.8) is 0 Å². The van der Waals surface area contributed by atoms with Gasteiger partial charge in [-0.25, -0.2) is 0 Å². The number of unbranched alkanes of at least 4 members (excludes halogenated alkanes) is 1. The van der Waals surface area contributed by atoms with E-state index in [9.17, 15) is 4.79 Å². The lowest BCUT2D eigenvalue weighted by Crippen LogP contribution is -1.99. The molecule has 0 unspecified atom stereocenters. The number of rotatable bonds is 4. The average Bonchev–Trinajstić information content (AvgIpc) is 2.15. The van der Waals surface area contributed by atoms with Crippen molar-refractivity contribution in [2.45, 2.75) is 33.1 Å². The molecule has 2 heteroatoms. The molecule has 1 aromatic rings. The third kappa shape index (κ3) is 2.85. The number of carbonyl (C=O) groups is 1. The minimum Gasteiger partial charge on any atom is -0.295 e. The van der Waals surface area contributed by atoms with Gasteiger partial charge in [0.15, 0.2) is 5.78 Å². The van der Waals surface area contributed by atoms with Gasteiger partial charge in [-0.15, -0.1) is 0 Å². The van der Waals surface area contributed by atoms with Gasteiger partial charge in [0.05, 0.1) is 0 Å². The van der Waals surface area contributed by atoms with Gasteiger partial charge in [-0.1, -0.05) is 31.0 Å². The molecule has 0 spiro atoms. The minimum absolute atomic E-state index is 0.0959. The SMILES string of the molecule is CCCCc1ccc(Cl)cc1C(C)=O. The van der Waals surface area contributed by atoms with Crippen LogP contribution >= 0.6 is 11.6 Å². The van der Waals surface area contributed by atoms with E-state index < -0.39 is 0 Å². The summed E-state index contributed by atoms with van der Waals surface area (Å²) in [6.45, 7) is 3.73. The lowest BCUT2D eigenvalue weighted by atomic mass is 10.00. The zero-order valence-electron chi connectivity index (χ0n) is 8.64. The molecular weight excluding hydrogens is 196 g/mol.